The summed E-state index contributed by atoms with van der Waals surface area (Å²) in [6.07, 6.45) is 3.44. The molecule has 0 bridgehead atoms. The van der Waals surface area contributed by atoms with E-state index in [0.717, 1.165) is 0 Å². The summed E-state index contributed by atoms with van der Waals surface area (Å²) in [7, 11) is 0. The van der Waals surface area contributed by atoms with Gasteiger partial charge in [0, 0.05) is 0 Å². The predicted molar refractivity (Wildman–Crippen MR) is 49.5 cm³/mol. The van der Waals surface area contributed by atoms with Crippen molar-refractivity contribution >= 4 is 0 Å². The van der Waals surface area contributed by atoms with Crippen LogP contribution in [0.15, 0.2) is 36.1 Å². The summed E-state index contributed by atoms with van der Waals surface area (Å²) in [5.74, 6) is -0.182. The van der Waals surface area contributed by atoms with E-state index in [-0.39, 0.29) is 5.76 Å². The molecule has 0 rings (SSSR count). The van der Waals surface area contributed by atoms with Crippen LogP contribution in [0.3, 0.4) is 0 Å². The summed E-state index contributed by atoms with van der Waals surface area (Å²) in [4.78, 5) is 0. The Kier molecular flexibility index (Phi) is 5.76. The van der Waals surface area contributed by atoms with Gasteiger partial charge in [0.15, 0.2) is 0 Å². The molecule has 0 saturated heterocycles. The number of ether oxygens (including phenoxy) is 1. The quantitative estimate of drug-likeness (QED) is 0.384. The molecule has 0 N–H and O–H groups in total. The first-order valence-electron chi connectivity index (χ1n) is 4.19. The highest BCUT2D eigenvalue weighted by atomic mass is 19.4. The van der Waals surface area contributed by atoms with E-state index in [1.165, 1.54) is 18.2 Å². The Morgan fingerprint density at radius 1 is 1.21 bits per heavy atom. The number of rotatable bonds is 4. The van der Waals surface area contributed by atoms with Gasteiger partial charge in [-0.2, -0.15) is 0 Å². The van der Waals surface area contributed by atoms with E-state index in [4.69, 9.17) is 0 Å². The van der Waals surface area contributed by atoms with Gasteiger partial charge in [-0.25, -0.2) is 0 Å². The van der Waals surface area contributed by atoms with Gasteiger partial charge in [0.05, 0.1) is 0 Å². The monoisotopic (exact) mass is 206 g/mol. The Labute approximate surface area is 81.6 Å². The van der Waals surface area contributed by atoms with Gasteiger partial charge in [-0.3, -0.25) is 0 Å². The molecule has 0 aromatic heterocycles. The van der Waals surface area contributed by atoms with Gasteiger partial charge in [-0.15, -0.1) is 13.2 Å². The lowest BCUT2D eigenvalue weighted by Gasteiger charge is -2.08. The van der Waals surface area contributed by atoms with Gasteiger partial charge in [-0.05, 0) is 32.4 Å². The Morgan fingerprint density at radius 3 is 2.29 bits per heavy atom. The SMILES string of the molecule is C/C=C\C(=C/C/C=C/C)OC(F)(F)F. The zero-order chi connectivity index (χ0) is 11.0. The largest absolute Gasteiger partial charge is 0.573 e. The number of allylic oxidation sites excluding steroid dienone is 5. The van der Waals surface area contributed by atoms with Crippen LogP contribution < -0.4 is 0 Å². The van der Waals surface area contributed by atoms with Gasteiger partial charge in [0.1, 0.15) is 5.76 Å². The molecule has 4 heteroatoms. The Hall–Kier alpha value is -1.19. The summed E-state index contributed by atoms with van der Waals surface area (Å²) in [6.45, 7) is 3.43. The van der Waals surface area contributed by atoms with Crippen LogP contribution in [-0.4, -0.2) is 6.36 Å². The lowest BCUT2D eigenvalue weighted by atomic mass is 10.3. The van der Waals surface area contributed by atoms with Crippen molar-refractivity contribution in [1.29, 1.82) is 0 Å². The van der Waals surface area contributed by atoms with Crippen molar-refractivity contribution in [3.8, 4) is 0 Å². The second-order valence-electron chi connectivity index (χ2n) is 2.46. The van der Waals surface area contributed by atoms with E-state index in [0.29, 0.717) is 6.42 Å². The normalized spacial score (nSPS) is 14.2. The van der Waals surface area contributed by atoms with Crippen molar-refractivity contribution in [2.75, 3.05) is 0 Å². The fraction of sp³-hybridized carbons (Fsp3) is 0.400. The van der Waals surface area contributed by atoms with Crippen LogP contribution in [0.25, 0.3) is 0 Å². The predicted octanol–water partition coefficient (Wildman–Crippen LogP) is 3.95. The van der Waals surface area contributed by atoms with E-state index < -0.39 is 6.36 Å². The topological polar surface area (TPSA) is 9.23 Å². The van der Waals surface area contributed by atoms with Crippen LogP contribution in [-0.2, 0) is 4.74 Å². The molecule has 0 saturated carbocycles. The molecule has 0 heterocycles. The molecular formula is C10H13F3O. The molecule has 0 aliphatic rings. The molecule has 0 fully saturated rings. The van der Waals surface area contributed by atoms with Crippen molar-refractivity contribution in [3.63, 3.8) is 0 Å². The number of halogens is 3. The third kappa shape index (κ3) is 7.46. The molecule has 0 aromatic rings. The highest BCUT2D eigenvalue weighted by Crippen LogP contribution is 2.21. The summed E-state index contributed by atoms with van der Waals surface area (Å²) in [5, 5.41) is 0. The molecule has 80 valence electrons. The fourth-order valence-corrected chi connectivity index (χ4v) is 0.762. The molecule has 14 heavy (non-hydrogen) atoms. The van der Waals surface area contributed by atoms with Gasteiger partial charge >= 0.3 is 6.36 Å². The number of hydrogen-bond donors (Lipinski definition) is 0. The molecule has 0 atom stereocenters. The molecule has 0 unspecified atom stereocenters. The van der Waals surface area contributed by atoms with Gasteiger partial charge in [-0.1, -0.05) is 18.2 Å². The van der Waals surface area contributed by atoms with Crippen molar-refractivity contribution in [2.24, 2.45) is 0 Å². The average Bonchev–Trinajstić information content (AvgIpc) is 2.02. The van der Waals surface area contributed by atoms with Gasteiger partial charge in [0.2, 0.25) is 0 Å². The van der Waals surface area contributed by atoms with E-state index in [1.807, 2.05) is 0 Å². The van der Waals surface area contributed by atoms with Crippen LogP contribution >= 0.6 is 0 Å². The van der Waals surface area contributed by atoms with Crippen LogP contribution in [0.4, 0.5) is 13.2 Å². The molecular weight excluding hydrogens is 193 g/mol. The summed E-state index contributed by atoms with van der Waals surface area (Å²) in [5.41, 5.74) is 0. The highest BCUT2D eigenvalue weighted by Gasteiger charge is 2.31. The molecule has 0 amide bonds. The molecule has 0 aromatic carbocycles. The number of alkyl halides is 3. The minimum atomic E-state index is -4.62. The zero-order valence-corrected chi connectivity index (χ0v) is 8.14. The summed E-state index contributed by atoms with van der Waals surface area (Å²) in [6, 6.07) is 0. The second kappa shape index (κ2) is 6.29. The molecule has 0 aliphatic carbocycles. The minimum Gasteiger partial charge on any atom is -0.406 e. The van der Waals surface area contributed by atoms with Crippen LogP contribution in [0, 0.1) is 0 Å². The third-order valence-electron chi connectivity index (χ3n) is 1.26. The molecule has 0 aliphatic heterocycles. The summed E-state index contributed by atoms with van der Waals surface area (Å²) >= 11 is 0. The first-order chi connectivity index (χ1) is 6.49. The van der Waals surface area contributed by atoms with Crippen LogP contribution in [0.1, 0.15) is 20.3 Å². The van der Waals surface area contributed by atoms with E-state index in [2.05, 4.69) is 4.74 Å². The molecule has 0 radical (unpaired) electrons. The van der Waals surface area contributed by atoms with Crippen molar-refractivity contribution in [1.82, 2.24) is 0 Å². The Morgan fingerprint density at radius 2 is 1.86 bits per heavy atom. The smallest absolute Gasteiger partial charge is 0.406 e. The second-order valence-corrected chi connectivity index (χ2v) is 2.46. The van der Waals surface area contributed by atoms with Crippen LogP contribution in [0.2, 0.25) is 0 Å². The molecule has 0 spiro atoms. The first kappa shape index (κ1) is 12.8. The lowest BCUT2D eigenvalue weighted by molar-refractivity contribution is -0.303. The lowest BCUT2D eigenvalue weighted by Crippen LogP contribution is -2.12. The van der Waals surface area contributed by atoms with Crippen LogP contribution in [0.5, 0.6) is 0 Å². The van der Waals surface area contributed by atoms with Crippen molar-refractivity contribution in [2.45, 2.75) is 26.6 Å². The maximum Gasteiger partial charge on any atom is 0.573 e. The maximum atomic E-state index is 11.8. The van der Waals surface area contributed by atoms with Crippen molar-refractivity contribution < 1.29 is 17.9 Å². The Balaban J connectivity index is 4.36. The van der Waals surface area contributed by atoms with E-state index in [1.54, 1.807) is 26.0 Å². The first-order valence-corrected chi connectivity index (χ1v) is 4.19. The summed E-state index contributed by atoms with van der Waals surface area (Å²) < 4.78 is 39.2. The van der Waals surface area contributed by atoms with Gasteiger partial charge < -0.3 is 4.74 Å². The highest BCUT2D eigenvalue weighted by molar-refractivity contribution is 5.12. The number of hydrogen-bond acceptors (Lipinski definition) is 1. The average molecular weight is 206 g/mol. The molecule has 1 nitrogen and oxygen atoms in total. The Bertz CT molecular complexity index is 236. The maximum absolute atomic E-state index is 11.8. The van der Waals surface area contributed by atoms with E-state index >= 15 is 0 Å². The minimum absolute atomic E-state index is 0.182. The van der Waals surface area contributed by atoms with Gasteiger partial charge in [0.25, 0.3) is 0 Å². The zero-order valence-electron chi connectivity index (χ0n) is 8.14. The van der Waals surface area contributed by atoms with Crippen molar-refractivity contribution in [3.05, 3.63) is 36.1 Å². The standard InChI is InChI=1S/C10H13F3O/c1-3-5-6-8-9(7-4-2)14-10(11,12)13/h3-5,7-8H,6H2,1-2H3/b5-3+,7-4-,9-8+. The third-order valence-corrected chi connectivity index (χ3v) is 1.26. The fourth-order valence-electron chi connectivity index (χ4n) is 0.762. The van der Waals surface area contributed by atoms with E-state index in [9.17, 15) is 13.2 Å².